The Hall–Kier alpha value is -3.80. The van der Waals surface area contributed by atoms with Crippen molar-refractivity contribution in [2.75, 3.05) is 19.0 Å². The molecular weight excluding hydrogens is 404 g/mol. The monoisotopic (exact) mass is 432 g/mol. The Morgan fingerprint density at radius 3 is 2.28 bits per heavy atom. The quantitative estimate of drug-likeness (QED) is 0.511. The summed E-state index contributed by atoms with van der Waals surface area (Å²) >= 11 is 0. The van der Waals surface area contributed by atoms with E-state index in [1.807, 2.05) is 19.1 Å². The molecule has 6 heteroatoms. The molecule has 3 aromatic carbocycles. The lowest BCUT2D eigenvalue weighted by Gasteiger charge is -2.15. The molecule has 2 amide bonds. The number of hydrogen-bond acceptors (Lipinski definition) is 4. The number of methoxy groups -OCH3 is 1. The van der Waals surface area contributed by atoms with Gasteiger partial charge in [0.1, 0.15) is 11.5 Å². The third-order valence-corrected chi connectivity index (χ3v) is 5.10. The van der Waals surface area contributed by atoms with Crippen LogP contribution in [0.15, 0.2) is 72.8 Å². The number of anilines is 1. The summed E-state index contributed by atoms with van der Waals surface area (Å²) in [6, 6.07) is 22.0. The van der Waals surface area contributed by atoms with Gasteiger partial charge in [-0.25, -0.2) is 0 Å². The van der Waals surface area contributed by atoms with Crippen LogP contribution in [-0.4, -0.2) is 25.5 Å². The summed E-state index contributed by atoms with van der Waals surface area (Å²) in [5, 5.41) is 5.76. The molecule has 32 heavy (non-hydrogen) atoms. The highest BCUT2D eigenvalue weighted by Gasteiger charge is 2.12. The minimum atomic E-state index is -0.267. The van der Waals surface area contributed by atoms with Crippen molar-refractivity contribution in [3.63, 3.8) is 0 Å². The summed E-state index contributed by atoms with van der Waals surface area (Å²) in [6.07, 6.45) is 0.984. The van der Waals surface area contributed by atoms with E-state index in [4.69, 9.17) is 9.47 Å². The van der Waals surface area contributed by atoms with Crippen LogP contribution in [0.4, 0.5) is 5.69 Å². The van der Waals surface area contributed by atoms with Crippen LogP contribution < -0.4 is 20.1 Å². The molecule has 0 aliphatic carbocycles. The SMILES string of the molecule is CCc1ccc(C(C)NC(=O)COc2ccc(NC(=O)c3ccccc3OC)cc2)cc1. The first-order chi connectivity index (χ1) is 15.5. The van der Waals surface area contributed by atoms with Crippen molar-refractivity contribution >= 4 is 17.5 Å². The van der Waals surface area contributed by atoms with Crippen LogP contribution in [-0.2, 0) is 11.2 Å². The maximum atomic E-state index is 12.5. The van der Waals surface area contributed by atoms with Gasteiger partial charge >= 0.3 is 0 Å². The lowest BCUT2D eigenvalue weighted by atomic mass is 10.1. The molecular formula is C26H28N2O4. The second-order valence-electron chi connectivity index (χ2n) is 7.35. The number of rotatable bonds is 9. The number of ether oxygens (including phenoxy) is 2. The number of nitrogens with one attached hydrogen (secondary N) is 2. The number of benzene rings is 3. The van der Waals surface area contributed by atoms with E-state index in [9.17, 15) is 9.59 Å². The van der Waals surface area contributed by atoms with E-state index in [2.05, 4.69) is 29.7 Å². The van der Waals surface area contributed by atoms with Gasteiger partial charge in [0.25, 0.3) is 11.8 Å². The zero-order valence-electron chi connectivity index (χ0n) is 18.6. The van der Waals surface area contributed by atoms with Gasteiger partial charge in [-0.1, -0.05) is 43.3 Å². The molecule has 3 aromatic rings. The Kier molecular flexibility index (Phi) is 7.86. The summed E-state index contributed by atoms with van der Waals surface area (Å²) in [7, 11) is 1.52. The van der Waals surface area contributed by atoms with Gasteiger partial charge in [-0.15, -0.1) is 0 Å². The first kappa shape index (κ1) is 22.9. The maximum Gasteiger partial charge on any atom is 0.259 e. The third-order valence-electron chi connectivity index (χ3n) is 5.10. The molecule has 2 N–H and O–H groups in total. The summed E-state index contributed by atoms with van der Waals surface area (Å²) < 4.78 is 10.8. The van der Waals surface area contributed by atoms with Crippen molar-refractivity contribution in [1.82, 2.24) is 5.32 Å². The predicted molar refractivity (Wildman–Crippen MR) is 125 cm³/mol. The highest BCUT2D eigenvalue weighted by molar-refractivity contribution is 6.06. The molecule has 0 spiro atoms. The molecule has 0 fully saturated rings. The van der Waals surface area contributed by atoms with Gasteiger partial charge in [0, 0.05) is 5.69 Å². The lowest BCUT2D eigenvalue weighted by Crippen LogP contribution is -2.31. The maximum absolute atomic E-state index is 12.5. The number of para-hydroxylation sites is 1. The molecule has 6 nitrogen and oxygen atoms in total. The van der Waals surface area contributed by atoms with Crippen molar-refractivity contribution in [2.24, 2.45) is 0 Å². The predicted octanol–water partition coefficient (Wildman–Crippen LogP) is 4.77. The fraction of sp³-hybridized carbons (Fsp3) is 0.231. The van der Waals surface area contributed by atoms with Crippen LogP contribution in [0.5, 0.6) is 11.5 Å². The fourth-order valence-corrected chi connectivity index (χ4v) is 3.22. The number of carbonyl (C=O) groups excluding carboxylic acids is 2. The molecule has 1 atom stereocenters. The van der Waals surface area contributed by atoms with Crippen molar-refractivity contribution in [3.8, 4) is 11.5 Å². The van der Waals surface area contributed by atoms with Crippen molar-refractivity contribution < 1.29 is 19.1 Å². The molecule has 0 radical (unpaired) electrons. The average molecular weight is 433 g/mol. The Labute approximate surface area is 188 Å². The molecule has 1 unspecified atom stereocenters. The summed E-state index contributed by atoms with van der Waals surface area (Å²) in [5.74, 6) is 0.573. The molecule has 0 aromatic heterocycles. The zero-order chi connectivity index (χ0) is 22.9. The van der Waals surface area contributed by atoms with Crippen molar-refractivity contribution in [2.45, 2.75) is 26.3 Å². The summed E-state index contributed by atoms with van der Waals surface area (Å²) in [4.78, 5) is 24.7. The molecule has 3 rings (SSSR count). The second kappa shape index (κ2) is 11.0. The van der Waals surface area contributed by atoms with E-state index < -0.39 is 0 Å². The van der Waals surface area contributed by atoms with Gasteiger partial charge in [-0.05, 0) is 60.9 Å². The number of carbonyl (C=O) groups is 2. The van der Waals surface area contributed by atoms with Crippen molar-refractivity contribution in [1.29, 1.82) is 0 Å². The van der Waals surface area contributed by atoms with E-state index in [1.165, 1.54) is 12.7 Å². The fourth-order valence-electron chi connectivity index (χ4n) is 3.22. The Morgan fingerprint density at radius 2 is 1.62 bits per heavy atom. The highest BCUT2D eigenvalue weighted by Crippen LogP contribution is 2.21. The van der Waals surface area contributed by atoms with Gasteiger partial charge < -0.3 is 20.1 Å². The lowest BCUT2D eigenvalue weighted by molar-refractivity contribution is -0.123. The zero-order valence-corrected chi connectivity index (χ0v) is 18.6. The number of aryl methyl sites for hydroxylation is 1. The minimum Gasteiger partial charge on any atom is -0.496 e. The van der Waals surface area contributed by atoms with Crippen LogP contribution in [0.3, 0.4) is 0 Å². The van der Waals surface area contributed by atoms with E-state index in [0.29, 0.717) is 22.7 Å². The summed E-state index contributed by atoms with van der Waals surface area (Å²) in [6.45, 7) is 3.96. The first-order valence-electron chi connectivity index (χ1n) is 10.6. The standard InChI is InChI=1S/C26H28N2O4/c1-4-19-9-11-20(12-10-19)18(2)27-25(29)17-32-22-15-13-21(14-16-22)28-26(30)23-7-5-6-8-24(23)31-3/h5-16,18H,4,17H2,1-3H3,(H,27,29)(H,28,30). The molecule has 166 valence electrons. The molecule has 0 aliphatic heterocycles. The van der Waals surface area contributed by atoms with E-state index in [1.54, 1.807) is 48.5 Å². The van der Waals surface area contributed by atoms with Crippen LogP contribution in [0, 0.1) is 0 Å². The molecule has 0 heterocycles. The Bertz CT molecular complexity index is 1050. The smallest absolute Gasteiger partial charge is 0.259 e. The average Bonchev–Trinajstić information content (AvgIpc) is 2.83. The van der Waals surface area contributed by atoms with Crippen LogP contribution in [0.2, 0.25) is 0 Å². The van der Waals surface area contributed by atoms with Gasteiger partial charge in [-0.2, -0.15) is 0 Å². The Morgan fingerprint density at radius 1 is 0.938 bits per heavy atom. The second-order valence-corrected chi connectivity index (χ2v) is 7.35. The van der Waals surface area contributed by atoms with Crippen LogP contribution in [0.25, 0.3) is 0 Å². The number of hydrogen-bond donors (Lipinski definition) is 2. The van der Waals surface area contributed by atoms with Gasteiger partial charge in [0.05, 0.1) is 18.7 Å². The molecule has 0 saturated heterocycles. The first-order valence-corrected chi connectivity index (χ1v) is 10.6. The third kappa shape index (κ3) is 6.11. The molecule has 0 saturated carbocycles. The van der Waals surface area contributed by atoms with E-state index in [-0.39, 0.29) is 24.5 Å². The number of amides is 2. The largest absolute Gasteiger partial charge is 0.496 e. The van der Waals surface area contributed by atoms with Gasteiger partial charge in [0.2, 0.25) is 0 Å². The van der Waals surface area contributed by atoms with E-state index in [0.717, 1.165) is 12.0 Å². The molecule has 0 aliphatic rings. The van der Waals surface area contributed by atoms with Crippen molar-refractivity contribution in [3.05, 3.63) is 89.5 Å². The highest BCUT2D eigenvalue weighted by atomic mass is 16.5. The minimum absolute atomic E-state index is 0.0930. The van der Waals surface area contributed by atoms with Crippen LogP contribution in [0.1, 0.15) is 41.4 Å². The summed E-state index contributed by atoms with van der Waals surface area (Å²) in [5.41, 5.74) is 3.37. The normalized spacial score (nSPS) is 11.3. The van der Waals surface area contributed by atoms with Gasteiger partial charge in [-0.3, -0.25) is 9.59 Å². The molecule has 0 bridgehead atoms. The van der Waals surface area contributed by atoms with E-state index >= 15 is 0 Å². The topological polar surface area (TPSA) is 76.7 Å². The van der Waals surface area contributed by atoms with Gasteiger partial charge in [0.15, 0.2) is 6.61 Å². The Balaban J connectivity index is 1.49. The van der Waals surface area contributed by atoms with Crippen LogP contribution >= 0.6 is 0 Å².